The number of hydrogen-bond acceptors (Lipinski definition) is 4. The van der Waals surface area contributed by atoms with Crippen LogP contribution in [0.25, 0.3) is 10.8 Å². The highest BCUT2D eigenvalue weighted by atomic mass is 16.5. The van der Waals surface area contributed by atoms with Gasteiger partial charge in [0.05, 0.1) is 13.2 Å². The minimum Gasteiger partial charge on any atom is -0.379 e. The second-order valence-corrected chi connectivity index (χ2v) is 6.64. The van der Waals surface area contributed by atoms with Crippen molar-refractivity contribution in [3.05, 3.63) is 76.2 Å². The number of carbonyl (C=O) groups excluding carboxylic acids is 1. The normalized spacial score (nSPS) is 15.0. The van der Waals surface area contributed by atoms with Crippen LogP contribution in [0.5, 0.6) is 0 Å². The number of nitrogens with zero attached hydrogens (tertiary/aromatic N) is 1. The van der Waals surface area contributed by atoms with E-state index >= 15 is 0 Å². The van der Waals surface area contributed by atoms with E-state index in [2.05, 4.69) is 15.2 Å². The van der Waals surface area contributed by atoms with Crippen molar-refractivity contribution < 1.29 is 9.53 Å². The lowest BCUT2D eigenvalue weighted by Gasteiger charge is -2.26. The fraction of sp³-hybridized carbons (Fsp3) is 0.238. The van der Waals surface area contributed by atoms with E-state index in [-0.39, 0.29) is 17.2 Å². The number of aromatic nitrogens is 1. The second kappa shape index (κ2) is 7.73. The molecule has 1 aromatic heterocycles. The Kier molecular flexibility index (Phi) is 5.00. The Balaban J connectivity index is 1.51. The zero-order valence-electron chi connectivity index (χ0n) is 14.9. The smallest absolute Gasteiger partial charge is 0.272 e. The van der Waals surface area contributed by atoms with Crippen LogP contribution in [0.2, 0.25) is 0 Å². The fourth-order valence-corrected chi connectivity index (χ4v) is 3.30. The molecule has 1 aliphatic rings. The van der Waals surface area contributed by atoms with Gasteiger partial charge in [-0.05, 0) is 35.2 Å². The van der Waals surface area contributed by atoms with Crippen LogP contribution in [0.1, 0.15) is 16.1 Å². The number of hydrogen-bond donors (Lipinski definition) is 2. The summed E-state index contributed by atoms with van der Waals surface area (Å²) in [5, 5.41) is 4.19. The molecule has 0 saturated carbocycles. The Morgan fingerprint density at radius 2 is 1.89 bits per heavy atom. The summed E-state index contributed by atoms with van der Waals surface area (Å²) in [7, 11) is 0. The maximum Gasteiger partial charge on any atom is 0.272 e. The molecule has 1 fully saturated rings. The molecular formula is C21H21N3O3. The van der Waals surface area contributed by atoms with E-state index < -0.39 is 0 Å². The summed E-state index contributed by atoms with van der Waals surface area (Å²) >= 11 is 0. The van der Waals surface area contributed by atoms with Gasteiger partial charge in [0.2, 0.25) is 0 Å². The number of amides is 1. The topological polar surface area (TPSA) is 74.4 Å². The first-order valence-electron chi connectivity index (χ1n) is 9.01. The number of ether oxygens (including phenoxy) is 1. The number of anilines is 1. The molecule has 0 unspecified atom stereocenters. The van der Waals surface area contributed by atoms with E-state index in [0.717, 1.165) is 43.8 Å². The Labute approximate surface area is 156 Å². The van der Waals surface area contributed by atoms with Gasteiger partial charge >= 0.3 is 0 Å². The van der Waals surface area contributed by atoms with Crippen LogP contribution in [0.4, 0.5) is 5.69 Å². The molecule has 1 saturated heterocycles. The van der Waals surface area contributed by atoms with E-state index in [1.165, 1.54) is 0 Å². The number of benzene rings is 2. The number of rotatable bonds is 4. The molecule has 6 nitrogen and oxygen atoms in total. The van der Waals surface area contributed by atoms with Gasteiger partial charge in [-0.2, -0.15) is 0 Å². The van der Waals surface area contributed by atoms with Crippen LogP contribution in [-0.4, -0.2) is 42.1 Å². The van der Waals surface area contributed by atoms with Gasteiger partial charge < -0.3 is 15.0 Å². The number of H-pyrrole nitrogens is 1. The predicted molar refractivity (Wildman–Crippen MR) is 105 cm³/mol. The van der Waals surface area contributed by atoms with Crippen LogP contribution < -0.4 is 10.9 Å². The van der Waals surface area contributed by atoms with E-state index in [1.807, 2.05) is 36.4 Å². The highest BCUT2D eigenvalue weighted by molar-refractivity contribution is 6.04. The zero-order chi connectivity index (χ0) is 18.6. The van der Waals surface area contributed by atoms with Gasteiger partial charge in [0.15, 0.2) is 0 Å². The van der Waals surface area contributed by atoms with Crippen molar-refractivity contribution in [3.8, 4) is 0 Å². The minimum absolute atomic E-state index is 0.247. The van der Waals surface area contributed by atoms with Crippen LogP contribution in [0.3, 0.4) is 0 Å². The van der Waals surface area contributed by atoms with Gasteiger partial charge in [-0.15, -0.1) is 0 Å². The van der Waals surface area contributed by atoms with E-state index in [9.17, 15) is 9.59 Å². The first-order chi connectivity index (χ1) is 13.2. The molecular weight excluding hydrogens is 342 g/mol. The molecule has 2 heterocycles. The van der Waals surface area contributed by atoms with Crippen LogP contribution in [0, 0.1) is 0 Å². The van der Waals surface area contributed by atoms with Crippen molar-refractivity contribution in [2.45, 2.75) is 6.54 Å². The molecule has 6 heteroatoms. The van der Waals surface area contributed by atoms with Crippen LogP contribution >= 0.6 is 0 Å². The Morgan fingerprint density at radius 1 is 1.07 bits per heavy atom. The summed E-state index contributed by atoms with van der Waals surface area (Å²) in [5.41, 5.74) is 1.82. The first-order valence-corrected chi connectivity index (χ1v) is 9.01. The molecule has 0 bridgehead atoms. The largest absolute Gasteiger partial charge is 0.379 e. The SMILES string of the molecule is O=C(Nc1cccc(CN2CCOCC2)c1)c1cc2ccccc2c(=O)[nH]1. The number of fused-ring (bicyclic) bond motifs is 1. The molecule has 3 aromatic rings. The van der Waals surface area contributed by atoms with Crippen molar-refractivity contribution >= 4 is 22.4 Å². The highest BCUT2D eigenvalue weighted by Crippen LogP contribution is 2.15. The molecule has 0 aliphatic carbocycles. The molecule has 2 N–H and O–H groups in total. The predicted octanol–water partition coefficient (Wildman–Crippen LogP) is 2.61. The van der Waals surface area contributed by atoms with E-state index in [1.54, 1.807) is 18.2 Å². The maximum absolute atomic E-state index is 12.6. The zero-order valence-corrected chi connectivity index (χ0v) is 14.9. The average molecular weight is 363 g/mol. The van der Waals surface area contributed by atoms with Gasteiger partial charge in [0.1, 0.15) is 5.69 Å². The second-order valence-electron chi connectivity index (χ2n) is 6.64. The molecule has 0 atom stereocenters. The maximum atomic E-state index is 12.6. The lowest BCUT2D eigenvalue weighted by molar-refractivity contribution is 0.0342. The summed E-state index contributed by atoms with van der Waals surface area (Å²) < 4.78 is 5.38. The van der Waals surface area contributed by atoms with Crippen molar-refractivity contribution in [3.63, 3.8) is 0 Å². The van der Waals surface area contributed by atoms with Gasteiger partial charge in [-0.3, -0.25) is 14.5 Å². The Hall–Kier alpha value is -2.96. The number of carbonyl (C=O) groups is 1. The van der Waals surface area contributed by atoms with Crippen molar-refractivity contribution in [1.29, 1.82) is 0 Å². The summed E-state index contributed by atoms with van der Waals surface area (Å²) in [4.78, 5) is 29.8. The number of aromatic amines is 1. The van der Waals surface area contributed by atoms with E-state index in [0.29, 0.717) is 11.1 Å². The number of morpholine rings is 1. The third kappa shape index (κ3) is 4.07. The molecule has 138 valence electrons. The molecule has 0 radical (unpaired) electrons. The highest BCUT2D eigenvalue weighted by Gasteiger charge is 2.12. The van der Waals surface area contributed by atoms with Gasteiger partial charge in [0, 0.05) is 30.7 Å². The van der Waals surface area contributed by atoms with Crippen molar-refractivity contribution in [1.82, 2.24) is 9.88 Å². The molecule has 2 aromatic carbocycles. The van der Waals surface area contributed by atoms with Crippen LogP contribution in [0.15, 0.2) is 59.4 Å². The molecule has 27 heavy (non-hydrogen) atoms. The fourth-order valence-electron chi connectivity index (χ4n) is 3.30. The summed E-state index contributed by atoms with van der Waals surface area (Å²) in [6.07, 6.45) is 0. The van der Waals surface area contributed by atoms with Gasteiger partial charge in [0.25, 0.3) is 11.5 Å². The summed E-state index contributed by atoms with van der Waals surface area (Å²) in [5.74, 6) is -0.332. The van der Waals surface area contributed by atoms with Gasteiger partial charge in [-0.25, -0.2) is 0 Å². The third-order valence-electron chi connectivity index (χ3n) is 4.69. The number of nitrogens with one attached hydrogen (secondary N) is 2. The summed E-state index contributed by atoms with van der Waals surface area (Å²) in [6.45, 7) is 4.15. The van der Waals surface area contributed by atoms with Gasteiger partial charge in [-0.1, -0.05) is 30.3 Å². The van der Waals surface area contributed by atoms with Crippen molar-refractivity contribution in [2.75, 3.05) is 31.6 Å². The molecule has 1 aliphatic heterocycles. The lowest BCUT2D eigenvalue weighted by atomic mass is 10.1. The third-order valence-corrected chi connectivity index (χ3v) is 4.69. The average Bonchev–Trinajstić information content (AvgIpc) is 2.69. The quantitative estimate of drug-likeness (QED) is 0.747. The molecule has 0 spiro atoms. The minimum atomic E-state index is -0.332. The number of pyridine rings is 1. The molecule has 4 rings (SSSR count). The standard InChI is InChI=1S/C21H21N3O3/c25-20-18-7-2-1-5-16(18)13-19(23-20)21(26)22-17-6-3-4-15(12-17)14-24-8-10-27-11-9-24/h1-7,12-13H,8-11,14H2,(H,22,26)(H,23,25). The Morgan fingerprint density at radius 3 is 2.74 bits per heavy atom. The van der Waals surface area contributed by atoms with E-state index in [4.69, 9.17) is 4.74 Å². The van der Waals surface area contributed by atoms with Crippen LogP contribution in [-0.2, 0) is 11.3 Å². The van der Waals surface area contributed by atoms with Crippen molar-refractivity contribution in [2.24, 2.45) is 0 Å². The Bertz CT molecular complexity index is 1020. The lowest BCUT2D eigenvalue weighted by Crippen LogP contribution is -2.35. The molecule has 1 amide bonds. The first kappa shape index (κ1) is 17.5. The monoisotopic (exact) mass is 363 g/mol. The summed E-state index contributed by atoms with van der Waals surface area (Å²) in [6, 6.07) is 16.7.